The van der Waals surface area contributed by atoms with Gasteiger partial charge in [-0.05, 0) is 88.4 Å². The molecule has 3 aromatic rings. The van der Waals surface area contributed by atoms with E-state index in [0.29, 0.717) is 30.7 Å². The van der Waals surface area contributed by atoms with Crippen molar-refractivity contribution in [3.63, 3.8) is 0 Å². The Morgan fingerprint density at radius 3 is 2.40 bits per heavy atom. The van der Waals surface area contributed by atoms with E-state index in [-0.39, 0.29) is 47.5 Å². The highest BCUT2D eigenvalue weighted by Gasteiger charge is 2.47. The van der Waals surface area contributed by atoms with Gasteiger partial charge in [-0.1, -0.05) is 0 Å². The number of fused-ring (bicyclic) bond motifs is 5. The molecule has 13 nitrogen and oxygen atoms in total. The van der Waals surface area contributed by atoms with E-state index in [9.17, 15) is 22.8 Å². The highest BCUT2D eigenvalue weighted by molar-refractivity contribution is 7.87. The predicted molar refractivity (Wildman–Crippen MR) is 188 cm³/mol. The highest BCUT2D eigenvalue weighted by atomic mass is 32.2. The number of ether oxygens (including phenoxy) is 2. The summed E-state index contributed by atoms with van der Waals surface area (Å²) in [6.45, 7) is 7.67. The van der Waals surface area contributed by atoms with Gasteiger partial charge in [0, 0.05) is 67.6 Å². The van der Waals surface area contributed by atoms with E-state index >= 15 is 0 Å². The lowest BCUT2D eigenvalue weighted by Gasteiger charge is -2.41. The summed E-state index contributed by atoms with van der Waals surface area (Å²) in [5, 5.41) is 0.921. The third-order valence-electron chi connectivity index (χ3n) is 11.1. The molecule has 0 saturated carbocycles. The Balaban J connectivity index is 1.11. The summed E-state index contributed by atoms with van der Waals surface area (Å²) in [5.74, 6) is -1.09. The van der Waals surface area contributed by atoms with Gasteiger partial charge in [-0.2, -0.15) is 12.7 Å². The van der Waals surface area contributed by atoms with Crippen LogP contribution in [0.5, 0.6) is 5.75 Å². The van der Waals surface area contributed by atoms with Crippen molar-refractivity contribution >= 4 is 38.7 Å². The zero-order valence-corrected chi connectivity index (χ0v) is 30.1. The van der Waals surface area contributed by atoms with E-state index in [1.165, 1.54) is 29.6 Å². The van der Waals surface area contributed by atoms with Gasteiger partial charge in [0.1, 0.15) is 11.3 Å². The minimum absolute atomic E-state index is 0.00581. The Bertz CT molecular complexity index is 2010. The first-order chi connectivity index (χ1) is 23.9. The number of hydrogen-bond acceptors (Lipinski definition) is 10. The summed E-state index contributed by atoms with van der Waals surface area (Å²) in [6, 6.07) is 6.59. The van der Waals surface area contributed by atoms with Crippen molar-refractivity contribution in [2.75, 3.05) is 59.0 Å². The van der Waals surface area contributed by atoms with Gasteiger partial charge in [0.15, 0.2) is 0 Å². The first kappa shape index (κ1) is 34.5. The number of amides is 2. The summed E-state index contributed by atoms with van der Waals surface area (Å²) in [6.07, 6.45) is 3.66. The number of nitrogens with one attached hydrogen (secondary N) is 1. The molecular weight excluding hydrogens is 662 g/mol. The van der Waals surface area contributed by atoms with Gasteiger partial charge >= 0.3 is 15.8 Å². The molecule has 2 aromatic carbocycles. The number of anilines is 1. The van der Waals surface area contributed by atoms with E-state index in [1.54, 1.807) is 12.0 Å². The van der Waals surface area contributed by atoms with Crippen LogP contribution in [0.1, 0.15) is 68.7 Å². The molecule has 0 radical (unpaired) electrons. The van der Waals surface area contributed by atoms with Crippen molar-refractivity contribution < 1.29 is 31.9 Å². The van der Waals surface area contributed by atoms with Crippen molar-refractivity contribution in [1.82, 2.24) is 18.8 Å². The molecule has 3 saturated heterocycles. The van der Waals surface area contributed by atoms with Gasteiger partial charge in [-0.25, -0.2) is 9.52 Å². The fourth-order valence-corrected chi connectivity index (χ4v) is 10.1. The van der Waals surface area contributed by atoms with Crippen molar-refractivity contribution in [3.8, 4) is 5.75 Å². The molecule has 1 aromatic heterocycles. The number of carbonyl (C=O) groups excluding carboxylic acids is 2. The van der Waals surface area contributed by atoms with Gasteiger partial charge in [-0.3, -0.25) is 14.5 Å². The molecule has 14 heteroatoms. The number of hydrogen-bond donors (Lipinski definition) is 1. The Labute approximate surface area is 292 Å². The third kappa shape index (κ3) is 5.95. The maximum absolute atomic E-state index is 13.8. The van der Waals surface area contributed by atoms with Gasteiger partial charge < -0.3 is 23.7 Å². The SMILES string of the molecule is COC[C@H]1CN(c2cc(C)c3c4c(c(=O)oc3c2C)CN(C(=O)c2ccc(C(=O)NS(=O)(=O)N3C5CCC3CC5)c(OC)c2)CC4)CCN1C. The Morgan fingerprint density at radius 2 is 1.72 bits per heavy atom. The largest absolute Gasteiger partial charge is 0.496 e. The Kier molecular flexibility index (Phi) is 9.16. The predicted octanol–water partition coefficient (Wildman–Crippen LogP) is 2.99. The van der Waals surface area contributed by atoms with E-state index in [2.05, 4.69) is 27.6 Å². The molecule has 0 aliphatic carbocycles. The maximum atomic E-state index is 13.8. The van der Waals surface area contributed by atoms with Gasteiger partial charge in [0.05, 0.1) is 37.4 Å². The second-order valence-electron chi connectivity index (χ2n) is 14.0. The molecule has 1 N–H and O–H groups in total. The fraction of sp³-hybridized carbons (Fsp3) is 0.528. The van der Waals surface area contributed by atoms with Crippen molar-refractivity contribution in [2.24, 2.45) is 0 Å². The summed E-state index contributed by atoms with van der Waals surface area (Å²) in [4.78, 5) is 46.7. The molecule has 3 fully saturated rings. The van der Waals surface area contributed by atoms with Crippen LogP contribution in [0.4, 0.5) is 5.69 Å². The second-order valence-corrected chi connectivity index (χ2v) is 15.6. The van der Waals surface area contributed by atoms with E-state index in [4.69, 9.17) is 13.9 Å². The monoisotopic (exact) mass is 707 g/mol. The topological polar surface area (TPSA) is 142 Å². The minimum atomic E-state index is -4.02. The molecular formula is C36H45N5O8S. The number of likely N-dealkylation sites (N-methyl/N-ethyl adjacent to an activating group) is 1. The summed E-state index contributed by atoms with van der Waals surface area (Å²) < 4.78 is 46.8. The first-order valence-corrected chi connectivity index (χ1v) is 18.7. The number of methoxy groups -OCH3 is 2. The number of benzene rings is 2. The van der Waals surface area contributed by atoms with Crippen LogP contribution in [-0.4, -0.2) is 107 Å². The zero-order chi connectivity index (χ0) is 35.5. The fourth-order valence-electron chi connectivity index (χ4n) is 8.47. The maximum Gasteiger partial charge on any atom is 0.341 e. The Morgan fingerprint density at radius 1 is 1.00 bits per heavy atom. The lowest BCUT2D eigenvalue weighted by molar-refractivity contribution is 0.0732. The van der Waals surface area contributed by atoms with Gasteiger partial charge in [0.25, 0.3) is 11.8 Å². The molecule has 1 atom stereocenters. The van der Waals surface area contributed by atoms with Crippen LogP contribution in [-0.2, 0) is 27.9 Å². The van der Waals surface area contributed by atoms with Crippen LogP contribution in [0.2, 0.25) is 0 Å². The van der Waals surface area contributed by atoms with E-state index in [0.717, 1.165) is 73.1 Å². The molecule has 7 rings (SSSR count). The number of aryl methyl sites for hydroxylation is 2. The van der Waals surface area contributed by atoms with Crippen LogP contribution in [0, 0.1) is 13.8 Å². The standard InChI is InChI=1S/C36H45N5O8S/c1-21-16-30(39-15-14-38(3)26(18-39)20-47-4)22(2)33-32(21)27-12-13-40(19-29(27)36(44)49-33)35(43)23-6-11-28(31(17-23)48-5)34(42)37-50(45,46)41-24-7-8-25(41)10-9-24/h6,11,16-17,24-26H,7-10,12-15,18-20H2,1-5H3,(H,37,42)/t24?,25?,26-/m1/s1. The van der Waals surface area contributed by atoms with Gasteiger partial charge in [0.2, 0.25) is 0 Å². The van der Waals surface area contributed by atoms with Crippen LogP contribution in [0.15, 0.2) is 33.5 Å². The number of rotatable bonds is 8. The number of nitrogens with zero attached hydrogens (tertiary/aromatic N) is 4. The molecule has 0 unspecified atom stereocenters. The summed E-state index contributed by atoms with van der Waals surface area (Å²) in [7, 11) is 1.16. The molecule has 5 heterocycles. The third-order valence-corrected chi connectivity index (χ3v) is 12.7. The molecule has 268 valence electrons. The van der Waals surface area contributed by atoms with Gasteiger partial charge in [-0.15, -0.1) is 0 Å². The summed E-state index contributed by atoms with van der Waals surface area (Å²) >= 11 is 0. The van der Waals surface area contributed by atoms with Crippen molar-refractivity contribution in [2.45, 2.75) is 70.6 Å². The smallest absolute Gasteiger partial charge is 0.341 e. The van der Waals surface area contributed by atoms with Crippen molar-refractivity contribution in [3.05, 3.63) is 68.1 Å². The highest BCUT2D eigenvalue weighted by Crippen LogP contribution is 2.39. The molecule has 2 amide bonds. The minimum Gasteiger partial charge on any atom is -0.496 e. The average Bonchev–Trinajstić information content (AvgIpc) is 3.72. The molecule has 50 heavy (non-hydrogen) atoms. The normalized spacial score (nSPS) is 22.6. The van der Waals surface area contributed by atoms with Crippen LogP contribution in [0.3, 0.4) is 0 Å². The van der Waals surface area contributed by atoms with E-state index < -0.39 is 21.7 Å². The van der Waals surface area contributed by atoms with Crippen molar-refractivity contribution in [1.29, 1.82) is 0 Å². The quantitative estimate of drug-likeness (QED) is 0.348. The van der Waals surface area contributed by atoms with E-state index in [1.807, 2.05) is 13.8 Å². The first-order valence-electron chi connectivity index (χ1n) is 17.3. The second kappa shape index (κ2) is 13.3. The molecule has 2 bridgehead atoms. The lowest BCUT2D eigenvalue weighted by atomic mass is 9.92. The Hall–Kier alpha value is -3.98. The molecule has 0 spiro atoms. The van der Waals surface area contributed by atoms with Crippen LogP contribution < -0.4 is 20.0 Å². The average molecular weight is 708 g/mol. The lowest BCUT2D eigenvalue weighted by Crippen LogP contribution is -2.53. The number of carbonyl (C=O) groups is 2. The zero-order valence-electron chi connectivity index (χ0n) is 29.3. The van der Waals surface area contributed by atoms with Crippen LogP contribution >= 0.6 is 0 Å². The summed E-state index contributed by atoms with van der Waals surface area (Å²) in [5.41, 5.74) is 4.72. The molecule has 4 aliphatic rings. The number of piperazine rings is 1. The van der Waals surface area contributed by atoms with Crippen LogP contribution in [0.25, 0.3) is 11.0 Å². The molecule has 4 aliphatic heterocycles.